The van der Waals surface area contributed by atoms with Crippen LogP contribution >= 0.6 is 24.0 Å². The molecule has 0 saturated heterocycles. The number of guanidine groups is 1. The molecular formula is C14H22F3IN4. The van der Waals surface area contributed by atoms with E-state index in [1.807, 2.05) is 13.8 Å². The summed E-state index contributed by atoms with van der Waals surface area (Å²) in [6.07, 6.45) is -4.33. The summed E-state index contributed by atoms with van der Waals surface area (Å²) in [5.41, 5.74) is 10.8. The van der Waals surface area contributed by atoms with E-state index in [2.05, 4.69) is 9.89 Å². The Kier molecular flexibility index (Phi) is 8.76. The molecule has 1 unspecified atom stereocenters. The molecule has 22 heavy (non-hydrogen) atoms. The van der Waals surface area contributed by atoms with Crippen molar-refractivity contribution < 1.29 is 13.2 Å². The van der Waals surface area contributed by atoms with E-state index >= 15 is 0 Å². The third kappa shape index (κ3) is 5.99. The first kappa shape index (κ1) is 21.0. The number of halogens is 4. The Bertz CT molecular complexity index is 466. The second-order valence-electron chi connectivity index (χ2n) is 4.62. The van der Waals surface area contributed by atoms with Crippen molar-refractivity contribution in [3.05, 3.63) is 35.4 Å². The van der Waals surface area contributed by atoms with Crippen LogP contribution in [0.15, 0.2) is 29.3 Å². The predicted molar refractivity (Wildman–Crippen MR) is 93.2 cm³/mol. The Balaban J connectivity index is 0.00000441. The van der Waals surface area contributed by atoms with Gasteiger partial charge in [-0.3, -0.25) is 9.89 Å². The van der Waals surface area contributed by atoms with Crippen molar-refractivity contribution in [2.45, 2.75) is 26.1 Å². The monoisotopic (exact) mass is 430 g/mol. The second-order valence-corrected chi connectivity index (χ2v) is 4.62. The van der Waals surface area contributed by atoms with Crippen molar-refractivity contribution in [1.29, 1.82) is 0 Å². The van der Waals surface area contributed by atoms with Gasteiger partial charge in [-0.15, -0.1) is 24.0 Å². The maximum Gasteiger partial charge on any atom is 0.416 e. The minimum absolute atomic E-state index is 0. The third-order valence-corrected chi connectivity index (χ3v) is 3.32. The summed E-state index contributed by atoms with van der Waals surface area (Å²) in [4.78, 5) is 6.09. The van der Waals surface area contributed by atoms with Crippen LogP contribution in [0.25, 0.3) is 0 Å². The standard InChI is InChI=1S/C14H21F3N4.HI/c1-3-21(4-2)12(9-20-13(18)19)10-5-7-11(8-6-10)14(15,16)17;/h5-8,12H,3-4,9H2,1-2H3,(H4,18,19,20);1H. The first-order valence-electron chi connectivity index (χ1n) is 6.76. The Labute approximate surface area is 145 Å². The summed E-state index contributed by atoms with van der Waals surface area (Å²) in [6, 6.07) is 4.98. The summed E-state index contributed by atoms with van der Waals surface area (Å²) >= 11 is 0. The molecule has 126 valence electrons. The van der Waals surface area contributed by atoms with Gasteiger partial charge in [0.1, 0.15) is 0 Å². The molecule has 0 saturated carbocycles. The molecule has 0 amide bonds. The molecule has 4 N–H and O–H groups in total. The molecule has 0 bridgehead atoms. The van der Waals surface area contributed by atoms with Crippen LogP contribution in [0.4, 0.5) is 13.2 Å². The molecule has 1 aromatic carbocycles. The molecule has 0 radical (unpaired) electrons. The first-order valence-corrected chi connectivity index (χ1v) is 6.76. The fraction of sp³-hybridized carbons (Fsp3) is 0.500. The SMILES string of the molecule is CCN(CC)C(CN=C(N)N)c1ccc(C(F)(F)F)cc1.I. The molecule has 0 aliphatic rings. The van der Waals surface area contributed by atoms with Crippen molar-refractivity contribution in [3.63, 3.8) is 0 Å². The van der Waals surface area contributed by atoms with E-state index in [4.69, 9.17) is 11.5 Å². The lowest BCUT2D eigenvalue weighted by atomic mass is 10.0. The van der Waals surface area contributed by atoms with E-state index in [0.717, 1.165) is 30.8 Å². The lowest BCUT2D eigenvalue weighted by molar-refractivity contribution is -0.137. The van der Waals surface area contributed by atoms with Gasteiger partial charge in [-0.05, 0) is 30.8 Å². The van der Waals surface area contributed by atoms with Crippen molar-refractivity contribution in [2.75, 3.05) is 19.6 Å². The minimum Gasteiger partial charge on any atom is -0.370 e. The molecule has 0 aromatic heterocycles. The van der Waals surface area contributed by atoms with Crippen molar-refractivity contribution >= 4 is 29.9 Å². The lowest BCUT2D eigenvalue weighted by Gasteiger charge is -2.29. The van der Waals surface area contributed by atoms with Crippen LogP contribution in [-0.4, -0.2) is 30.5 Å². The van der Waals surface area contributed by atoms with Gasteiger partial charge in [-0.25, -0.2) is 0 Å². The number of likely N-dealkylation sites (N-methyl/N-ethyl adjacent to an activating group) is 1. The fourth-order valence-corrected chi connectivity index (χ4v) is 2.18. The van der Waals surface area contributed by atoms with Gasteiger partial charge in [-0.2, -0.15) is 13.2 Å². The number of nitrogens with zero attached hydrogens (tertiary/aromatic N) is 2. The molecule has 1 rings (SSSR count). The number of alkyl halides is 3. The molecular weight excluding hydrogens is 408 g/mol. The van der Waals surface area contributed by atoms with Gasteiger partial charge in [0.25, 0.3) is 0 Å². The van der Waals surface area contributed by atoms with Gasteiger partial charge in [0.2, 0.25) is 0 Å². The Hall–Kier alpha value is -1.03. The van der Waals surface area contributed by atoms with E-state index < -0.39 is 11.7 Å². The lowest BCUT2D eigenvalue weighted by Crippen LogP contribution is -2.32. The van der Waals surface area contributed by atoms with Gasteiger partial charge in [0.05, 0.1) is 18.2 Å². The Morgan fingerprint density at radius 3 is 2.00 bits per heavy atom. The molecule has 4 nitrogen and oxygen atoms in total. The van der Waals surface area contributed by atoms with Crippen molar-refractivity contribution in [1.82, 2.24) is 4.90 Å². The smallest absolute Gasteiger partial charge is 0.370 e. The van der Waals surface area contributed by atoms with Crippen LogP contribution < -0.4 is 11.5 Å². The van der Waals surface area contributed by atoms with Crippen LogP contribution in [0.2, 0.25) is 0 Å². The van der Waals surface area contributed by atoms with Crippen LogP contribution in [0.3, 0.4) is 0 Å². The van der Waals surface area contributed by atoms with Gasteiger partial charge < -0.3 is 11.5 Å². The van der Waals surface area contributed by atoms with Gasteiger partial charge in [-0.1, -0.05) is 26.0 Å². The highest BCUT2D eigenvalue weighted by Crippen LogP contribution is 2.30. The Morgan fingerprint density at radius 1 is 1.14 bits per heavy atom. The summed E-state index contributed by atoms with van der Waals surface area (Å²) in [5.74, 6) is -0.0286. The molecule has 0 aliphatic carbocycles. The van der Waals surface area contributed by atoms with Crippen molar-refractivity contribution in [3.8, 4) is 0 Å². The number of nitrogens with two attached hydrogens (primary N) is 2. The highest BCUT2D eigenvalue weighted by Gasteiger charge is 2.30. The third-order valence-electron chi connectivity index (χ3n) is 3.32. The maximum absolute atomic E-state index is 12.6. The molecule has 1 aromatic rings. The molecule has 8 heteroatoms. The minimum atomic E-state index is -4.33. The number of hydrogen-bond donors (Lipinski definition) is 2. The predicted octanol–water partition coefficient (Wildman–Crippen LogP) is 2.98. The normalized spacial score (nSPS) is 12.6. The van der Waals surface area contributed by atoms with E-state index in [0.29, 0.717) is 6.54 Å². The molecule has 0 fully saturated rings. The fourth-order valence-electron chi connectivity index (χ4n) is 2.18. The summed E-state index contributed by atoms with van der Waals surface area (Å²) < 4.78 is 37.8. The van der Waals surface area contributed by atoms with Crippen LogP contribution in [0, 0.1) is 0 Å². The molecule has 0 spiro atoms. The first-order chi connectivity index (χ1) is 9.79. The average molecular weight is 430 g/mol. The van der Waals surface area contributed by atoms with E-state index in [9.17, 15) is 13.2 Å². The zero-order chi connectivity index (χ0) is 16.0. The van der Waals surface area contributed by atoms with Gasteiger partial charge >= 0.3 is 6.18 Å². The summed E-state index contributed by atoms with van der Waals surface area (Å²) in [7, 11) is 0. The quantitative estimate of drug-likeness (QED) is 0.415. The van der Waals surface area contributed by atoms with Crippen LogP contribution in [0.1, 0.15) is 31.0 Å². The van der Waals surface area contributed by atoms with Crippen LogP contribution in [0.5, 0.6) is 0 Å². The Morgan fingerprint density at radius 2 is 1.64 bits per heavy atom. The second kappa shape index (κ2) is 9.19. The largest absolute Gasteiger partial charge is 0.416 e. The number of hydrogen-bond acceptors (Lipinski definition) is 2. The average Bonchev–Trinajstić information content (AvgIpc) is 2.42. The van der Waals surface area contributed by atoms with Gasteiger partial charge in [0, 0.05) is 0 Å². The highest BCUT2D eigenvalue weighted by molar-refractivity contribution is 14.0. The highest BCUT2D eigenvalue weighted by atomic mass is 127. The van der Waals surface area contributed by atoms with Gasteiger partial charge in [0.15, 0.2) is 5.96 Å². The van der Waals surface area contributed by atoms with E-state index in [1.165, 1.54) is 12.1 Å². The molecule has 1 atom stereocenters. The number of aliphatic imine (C=N–C) groups is 1. The van der Waals surface area contributed by atoms with E-state index in [1.54, 1.807) is 0 Å². The zero-order valence-corrected chi connectivity index (χ0v) is 14.9. The molecule has 0 aliphatic heterocycles. The zero-order valence-electron chi connectivity index (χ0n) is 12.6. The number of rotatable bonds is 6. The maximum atomic E-state index is 12.6. The molecule has 0 heterocycles. The topological polar surface area (TPSA) is 67.6 Å². The summed E-state index contributed by atoms with van der Waals surface area (Å²) in [5, 5.41) is 0. The van der Waals surface area contributed by atoms with Crippen LogP contribution in [-0.2, 0) is 6.18 Å². The summed E-state index contributed by atoms with van der Waals surface area (Å²) in [6.45, 7) is 5.78. The number of benzene rings is 1. The van der Waals surface area contributed by atoms with E-state index in [-0.39, 0.29) is 36.0 Å². The van der Waals surface area contributed by atoms with Crippen molar-refractivity contribution in [2.24, 2.45) is 16.5 Å².